The molecule has 1 N–H and O–H groups in total. The number of ether oxygens (including phenoxy) is 2. The number of carbonyl (C=O) groups is 1. The minimum Gasteiger partial charge on any atom is -0.486 e. The molecule has 134 valence electrons. The third kappa shape index (κ3) is 6.06. The second-order valence-corrected chi connectivity index (χ2v) is 8.50. The zero-order valence-corrected chi connectivity index (χ0v) is 15.7. The van der Waals surface area contributed by atoms with Crippen molar-refractivity contribution in [3.8, 4) is 11.5 Å². The van der Waals surface area contributed by atoms with E-state index in [1.165, 1.54) is 5.56 Å². The van der Waals surface area contributed by atoms with Gasteiger partial charge in [-0.15, -0.1) is 0 Å². The Morgan fingerprint density at radius 2 is 1.75 bits per heavy atom. The SMILES string of the molecule is CC(C)(C)CC(C)(C)NC(=O)CCCc1ccc2c(c1)OCCO2. The Kier molecular flexibility index (Phi) is 5.79. The monoisotopic (exact) mass is 333 g/mol. The molecular weight excluding hydrogens is 302 g/mol. The summed E-state index contributed by atoms with van der Waals surface area (Å²) in [5.41, 5.74) is 1.20. The molecule has 24 heavy (non-hydrogen) atoms. The summed E-state index contributed by atoms with van der Waals surface area (Å²) in [5.74, 6) is 1.75. The van der Waals surface area contributed by atoms with Crippen molar-refractivity contribution >= 4 is 5.91 Å². The van der Waals surface area contributed by atoms with Crippen LogP contribution in [0, 0.1) is 5.41 Å². The van der Waals surface area contributed by atoms with E-state index in [4.69, 9.17) is 9.47 Å². The Labute approximate surface area is 145 Å². The lowest BCUT2D eigenvalue weighted by Gasteiger charge is -2.33. The number of fused-ring (bicyclic) bond motifs is 1. The van der Waals surface area contributed by atoms with Gasteiger partial charge in [0.15, 0.2) is 11.5 Å². The van der Waals surface area contributed by atoms with E-state index in [1.54, 1.807) is 0 Å². The van der Waals surface area contributed by atoms with Crippen LogP contribution in [0.2, 0.25) is 0 Å². The normalized spacial score (nSPS) is 14.4. The molecule has 0 radical (unpaired) electrons. The molecule has 0 bridgehead atoms. The molecule has 0 saturated heterocycles. The molecule has 1 aromatic carbocycles. The van der Waals surface area contributed by atoms with Crippen LogP contribution in [0.25, 0.3) is 0 Å². The molecule has 0 unspecified atom stereocenters. The van der Waals surface area contributed by atoms with Crippen molar-refractivity contribution in [1.29, 1.82) is 0 Å². The molecule has 1 aliphatic heterocycles. The minimum atomic E-state index is -0.174. The number of nitrogens with one attached hydrogen (secondary N) is 1. The van der Waals surface area contributed by atoms with Gasteiger partial charge in [0.05, 0.1) is 0 Å². The Bertz CT molecular complexity index is 573. The largest absolute Gasteiger partial charge is 0.486 e. The zero-order valence-electron chi connectivity index (χ0n) is 15.7. The summed E-state index contributed by atoms with van der Waals surface area (Å²) in [6.07, 6.45) is 3.19. The fourth-order valence-corrected chi connectivity index (χ4v) is 3.51. The van der Waals surface area contributed by atoms with Crippen LogP contribution in [-0.2, 0) is 11.2 Å². The topological polar surface area (TPSA) is 47.6 Å². The van der Waals surface area contributed by atoms with Gasteiger partial charge in [0.2, 0.25) is 5.91 Å². The summed E-state index contributed by atoms with van der Waals surface area (Å²) in [4.78, 5) is 12.2. The van der Waals surface area contributed by atoms with E-state index in [1.807, 2.05) is 12.1 Å². The lowest BCUT2D eigenvalue weighted by molar-refractivity contribution is -0.123. The van der Waals surface area contributed by atoms with Crippen molar-refractivity contribution in [1.82, 2.24) is 5.32 Å². The molecule has 1 aliphatic rings. The molecule has 0 aliphatic carbocycles. The van der Waals surface area contributed by atoms with Gasteiger partial charge in [0, 0.05) is 12.0 Å². The number of hydrogen-bond acceptors (Lipinski definition) is 3. The van der Waals surface area contributed by atoms with E-state index in [9.17, 15) is 4.79 Å². The highest BCUT2D eigenvalue weighted by molar-refractivity contribution is 5.76. The predicted molar refractivity (Wildman–Crippen MR) is 96.7 cm³/mol. The number of hydrogen-bond donors (Lipinski definition) is 1. The molecule has 0 aromatic heterocycles. The van der Waals surface area contributed by atoms with E-state index >= 15 is 0 Å². The molecule has 0 atom stereocenters. The summed E-state index contributed by atoms with van der Waals surface area (Å²) in [6, 6.07) is 6.03. The second-order valence-electron chi connectivity index (χ2n) is 8.50. The summed E-state index contributed by atoms with van der Waals surface area (Å²) < 4.78 is 11.1. The maximum atomic E-state index is 12.2. The fourth-order valence-electron chi connectivity index (χ4n) is 3.51. The van der Waals surface area contributed by atoms with Gasteiger partial charge < -0.3 is 14.8 Å². The molecule has 0 saturated carbocycles. The van der Waals surface area contributed by atoms with Gasteiger partial charge in [-0.3, -0.25) is 4.79 Å². The molecule has 1 heterocycles. The smallest absolute Gasteiger partial charge is 0.220 e. The molecule has 1 aromatic rings. The van der Waals surface area contributed by atoms with Crippen molar-refractivity contribution in [3.05, 3.63) is 23.8 Å². The number of amides is 1. The first-order chi connectivity index (χ1) is 11.1. The Hall–Kier alpha value is -1.71. The number of rotatable bonds is 6. The summed E-state index contributed by atoms with van der Waals surface area (Å²) >= 11 is 0. The molecule has 2 rings (SSSR count). The van der Waals surface area contributed by atoms with Crippen LogP contribution in [0.15, 0.2) is 18.2 Å². The highest BCUT2D eigenvalue weighted by Crippen LogP contribution is 2.31. The van der Waals surface area contributed by atoms with E-state index in [0.717, 1.165) is 30.8 Å². The van der Waals surface area contributed by atoms with E-state index in [-0.39, 0.29) is 16.9 Å². The van der Waals surface area contributed by atoms with Gasteiger partial charge in [-0.2, -0.15) is 0 Å². The van der Waals surface area contributed by atoms with E-state index in [0.29, 0.717) is 19.6 Å². The third-order valence-corrected chi connectivity index (χ3v) is 3.93. The molecule has 4 nitrogen and oxygen atoms in total. The van der Waals surface area contributed by atoms with Gasteiger partial charge in [-0.05, 0) is 56.2 Å². The standard InChI is InChI=1S/C20H31NO3/c1-19(2,3)14-20(4,5)21-18(22)8-6-7-15-9-10-16-17(13-15)24-12-11-23-16/h9-10,13H,6-8,11-12,14H2,1-5H3,(H,21,22). The van der Waals surface area contributed by atoms with Crippen molar-refractivity contribution in [2.24, 2.45) is 5.41 Å². The fraction of sp³-hybridized carbons (Fsp3) is 0.650. The number of aryl methyl sites for hydroxylation is 1. The maximum absolute atomic E-state index is 12.2. The molecule has 4 heteroatoms. The Balaban J connectivity index is 1.78. The number of carbonyl (C=O) groups excluding carboxylic acids is 1. The molecule has 0 spiro atoms. The minimum absolute atomic E-state index is 0.127. The van der Waals surface area contributed by atoms with Crippen molar-refractivity contribution in [3.63, 3.8) is 0 Å². The summed E-state index contributed by atoms with van der Waals surface area (Å²) in [6.45, 7) is 12.0. The molecule has 0 fully saturated rings. The van der Waals surface area contributed by atoms with Gasteiger partial charge in [-0.25, -0.2) is 0 Å². The van der Waals surface area contributed by atoms with Gasteiger partial charge in [0.1, 0.15) is 13.2 Å². The lowest BCUT2D eigenvalue weighted by atomic mass is 9.81. The lowest BCUT2D eigenvalue weighted by Crippen LogP contribution is -2.45. The highest BCUT2D eigenvalue weighted by Gasteiger charge is 2.26. The Morgan fingerprint density at radius 1 is 1.08 bits per heavy atom. The van der Waals surface area contributed by atoms with Crippen LogP contribution < -0.4 is 14.8 Å². The first kappa shape index (κ1) is 18.6. The highest BCUT2D eigenvalue weighted by atomic mass is 16.6. The predicted octanol–water partition coefficient (Wildman–Crippen LogP) is 4.11. The van der Waals surface area contributed by atoms with Crippen LogP contribution in [0.3, 0.4) is 0 Å². The van der Waals surface area contributed by atoms with Crippen LogP contribution >= 0.6 is 0 Å². The van der Waals surface area contributed by atoms with Crippen LogP contribution in [0.4, 0.5) is 0 Å². The third-order valence-electron chi connectivity index (χ3n) is 3.93. The number of benzene rings is 1. The van der Waals surface area contributed by atoms with Crippen LogP contribution in [-0.4, -0.2) is 24.7 Å². The quantitative estimate of drug-likeness (QED) is 0.852. The van der Waals surface area contributed by atoms with Crippen LogP contribution in [0.1, 0.15) is 59.4 Å². The average Bonchev–Trinajstić information content (AvgIpc) is 2.43. The van der Waals surface area contributed by atoms with Gasteiger partial charge >= 0.3 is 0 Å². The maximum Gasteiger partial charge on any atom is 0.220 e. The van der Waals surface area contributed by atoms with E-state index in [2.05, 4.69) is 46.0 Å². The first-order valence-electron chi connectivity index (χ1n) is 8.84. The molecular formula is C20H31NO3. The van der Waals surface area contributed by atoms with Crippen molar-refractivity contribution in [2.45, 2.75) is 65.8 Å². The zero-order chi connectivity index (χ0) is 17.8. The van der Waals surface area contributed by atoms with Crippen molar-refractivity contribution < 1.29 is 14.3 Å². The average molecular weight is 333 g/mol. The van der Waals surface area contributed by atoms with Gasteiger partial charge in [0.25, 0.3) is 0 Å². The first-order valence-corrected chi connectivity index (χ1v) is 8.84. The van der Waals surface area contributed by atoms with Crippen LogP contribution in [0.5, 0.6) is 11.5 Å². The second kappa shape index (κ2) is 7.45. The summed E-state index contributed by atoms with van der Waals surface area (Å²) in [5, 5.41) is 3.17. The van der Waals surface area contributed by atoms with Crippen molar-refractivity contribution in [2.75, 3.05) is 13.2 Å². The Morgan fingerprint density at radius 3 is 2.42 bits per heavy atom. The van der Waals surface area contributed by atoms with Gasteiger partial charge in [-0.1, -0.05) is 26.8 Å². The van der Waals surface area contributed by atoms with E-state index < -0.39 is 0 Å². The molecule has 1 amide bonds. The summed E-state index contributed by atoms with van der Waals surface area (Å²) in [7, 11) is 0.